The Morgan fingerprint density at radius 1 is 1.08 bits per heavy atom. The molecule has 144 valence electrons. The van der Waals surface area contributed by atoms with Gasteiger partial charge in [0.05, 0.1) is 12.9 Å². The molecular formula is C17H31N3O4S. The quantitative estimate of drug-likeness (QED) is 0.749. The van der Waals surface area contributed by atoms with Crippen LogP contribution in [0.1, 0.15) is 32.1 Å². The van der Waals surface area contributed by atoms with Crippen molar-refractivity contribution < 1.29 is 17.9 Å². The van der Waals surface area contributed by atoms with Crippen molar-refractivity contribution in [2.45, 2.75) is 38.1 Å². The first-order valence-electron chi connectivity index (χ1n) is 9.48. The fourth-order valence-electron chi connectivity index (χ4n) is 4.17. The zero-order chi connectivity index (χ0) is 17.9. The van der Waals surface area contributed by atoms with Gasteiger partial charge in [0.2, 0.25) is 15.9 Å². The predicted molar refractivity (Wildman–Crippen MR) is 95.7 cm³/mol. The lowest BCUT2D eigenvalue weighted by Crippen LogP contribution is -2.46. The van der Waals surface area contributed by atoms with Crippen molar-refractivity contribution in [2.75, 3.05) is 52.2 Å². The first-order valence-corrected chi connectivity index (χ1v) is 11.3. The molecule has 0 aromatic carbocycles. The van der Waals surface area contributed by atoms with Crippen LogP contribution >= 0.6 is 0 Å². The lowest BCUT2D eigenvalue weighted by atomic mass is 9.94. The maximum Gasteiger partial charge on any atom is 0.223 e. The molecule has 0 unspecified atom stereocenters. The van der Waals surface area contributed by atoms with Gasteiger partial charge < -0.3 is 10.1 Å². The molecule has 1 amide bonds. The number of carbonyl (C=O) groups is 1. The molecule has 0 aliphatic carbocycles. The van der Waals surface area contributed by atoms with Crippen LogP contribution in [0.4, 0.5) is 0 Å². The highest BCUT2D eigenvalue weighted by Crippen LogP contribution is 2.23. The highest BCUT2D eigenvalue weighted by atomic mass is 32.2. The minimum absolute atomic E-state index is 0.0475. The van der Waals surface area contributed by atoms with Crippen molar-refractivity contribution in [3.05, 3.63) is 0 Å². The Bertz CT molecular complexity index is 546. The molecular weight excluding hydrogens is 342 g/mol. The minimum Gasteiger partial charge on any atom is -0.380 e. The number of likely N-dealkylation sites (tertiary alicyclic amines) is 1. The van der Waals surface area contributed by atoms with Crippen LogP contribution in [0, 0.1) is 11.8 Å². The Morgan fingerprint density at radius 2 is 1.76 bits per heavy atom. The van der Waals surface area contributed by atoms with E-state index in [0.717, 1.165) is 52.1 Å². The van der Waals surface area contributed by atoms with Crippen LogP contribution in [0.3, 0.4) is 0 Å². The van der Waals surface area contributed by atoms with E-state index >= 15 is 0 Å². The zero-order valence-electron chi connectivity index (χ0n) is 15.2. The van der Waals surface area contributed by atoms with Gasteiger partial charge >= 0.3 is 0 Å². The summed E-state index contributed by atoms with van der Waals surface area (Å²) in [4.78, 5) is 14.9. The molecule has 0 aromatic heterocycles. The second-order valence-corrected chi connectivity index (χ2v) is 9.66. The normalized spacial score (nSPS) is 28.3. The Kier molecular flexibility index (Phi) is 6.35. The molecule has 3 heterocycles. The second-order valence-electron chi connectivity index (χ2n) is 7.68. The van der Waals surface area contributed by atoms with Gasteiger partial charge in [-0.15, -0.1) is 0 Å². The van der Waals surface area contributed by atoms with E-state index in [9.17, 15) is 13.2 Å². The first kappa shape index (κ1) is 19.1. The van der Waals surface area contributed by atoms with Crippen LogP contribution in [0.25, 0.3) is 0 Å². The SMILES string of the molecule is CS(=O)(=O)N1CCC(C(=O)NCC2CCN([C@H]3CCOC3)CC2)CC1. The number of sulfonamides is 1. The minimum atomic E-state index is -3.13. The van der Waals surface area contributed by atoms with Gasteiger partial charge in [-0.05, 0) is 51.1 Å². The smallest absolute Gasteiger partial charge is 0.223 e. The second kappa shape index (κ2) is 8.33. The number of hydrogen-bond donors (Lipinski definition) is 1. The third kappa shape index (κ3) is 5.15. The average Bonchev–Trinajstić information content (AvgIpc) is 3.14. The van der Waals surface area contributed by atoms with E-state index in [4.69, 9.17) is 4.74 Å². The molecule has 8 heteroatoms. The first-order chi connectivity index (χ1) is 11.9. The summed E-state index contributed by atoms with van der Waals surface area (Å²) in [7, 11) is -3.13. The summed E-state index contributed by atoms with van der Waals surface area (Å²) in [5, 5.41) is 3.11. The third-order valence-corrected chi connectivity index (χ3v) is 7.23. The maximum absolute atomic E-state index is 12.4. The fourth-order valence-corrected chi connectivity index (χ4v) is 5.05. The van der Waals surface area contributed by atoms with Gasteiger partial charge in [0.1, 0.15) is 0 Å². The number of rotatable bonds is 5. The largest absolute Gasteiger partial charge is 0.380 e. The number of carbonyl (C=O) groups excluding carboxylic acids is 1. The van der Waals surface area contributed by atoms with Gasteiger partial charge in [0.25, 0.3) is 0 Å². The van der Waals surface area contributed by atoms with Gasteiger partial charge in [-0.25, -0.2) is 12.7 Å². The highest BCUT2D eigenvalue weighted by molar-refractivity contribution is 7.88. The molecule has 3 aliphatic rings. The number of amides is 1. The monoisotopic (exact) mass is 373 g/mol. The Labute approximate surface area is 151 Å². The van der Waals surface area contributed by atoms with Crippen LogP contribution in [0.5, 0.6) is 0 Å². The highest BCUT2D eigenvalue weighted by Gasteiger charge is 2.30. The van der Waals surface area contributed by atoms with Gasteiger partial charge in [0, 0.05) is 38.2 Å². The zero-order valence-corrected chi connectivity index (χ0v) is 16.0. The molecule has 0 bridgehead atoms. The standard InChI is InChI=1S/C17H31N3O4S/c1-25(22,23)20-9-4-15(5-10-20)17(21)18-12-14-2-7-19(8-3-14)16-6-11-24-13-16/h14-16H,2-13H2,1H3,(H,18,21)/t16-/m0/s1. The van der Waals surface area contributed by atoms with E-state index < -0.39 is 10.0 Å². The molecule has 0 aromatic rings. The van der Waals surface area contributed by atoms with Crippen molar-refractivity contribution in [2.24, 2.45) is 11.8 Å². The summed E-state index contributed by atoms with van der Waals surface area (Å²) in [6.45, 7) is 5.62. The Hall–Kier alpha value is -0.700. The van der Waals surface area contributed by atoms with Crippen molar-refractivity contribution >= 4 is 15.9 Å². The van der Waals surface area contributed by atoms with E-state index in [1.807, 2.05) is 0 Å². The summed E-state index contributed by atoms with van der Waals surface area (Å²) in [6, 6.07) is 0.593. The fraction of sp³-hybridized carbons (Fsp3) is 0.941. The number of nitrogens with one attached hydrogen (secondary N) is 1. The molecule has 3 saturated heterocycles. The van der Waals surface area contributed by atoms with E-state index in [0.29, 0.717) is 37.9 Å². The molecule has 25 heavy (non-hydrogen) atoms. The lowest BCUT2D eigenvalue weighted by Gasteiger charge is -2.35. The molecule has 0 radical (unpaired) electrons. The van der Waals surface area contributed by atoms with Crippen LogP contribution in [-0.2, 0) is 19.6 Å². The number of piperidine rings is 2. The van der Waals surface area contributed by atoms with Crippen LogP contribution in [0.15, 0.2) is 0 Å². The Morgan fingerprint density at radius 3 is 2.32 bits per heavy atom. The molecule has 1 N–H and O–H groups in total. The summed E-state index contributed by atoms with van der Waals surface area (Å²) < 4.78 is 30.0. The van der Waals surface area contributed by atoms with Gasteiger partial charge in [-0.3, -0.25) is 9.69 Å². The van der Waals surface area contributed by atoms with Crippen LogP contribution < -0.4 is 5.32 Å². The van der Waals surface area contributed by atoms with Crippen LogP contribution in [-0.4, -0.2) is 81.8 Å². The topological polar surface area (TPSA) is 79.0 Å². The van der Waals surface area contributed by atoms with E-state index in [1.165, 1.54) is 10.6 Å². The van der Waals surface area contributed by atoms with Gasteiger partial charge in [-0.2, -0.15) is 0 Å². The van der Waals surface area contributed by atoms with E-state index in [2.05, 4.69) is 10.2 Å². The molecule has 0 spiro atoms. The van der Waals surface area contributed by atoms with E-state index in [1.54, 1.807) is 0 Å². The molecule has 1 atom stereocenters. The Balaban J connectivity index is 1.34. The molecule has 7 nitrogen and oxygen atoms in total. The maximum atomic E-state index is 12.4. The lowest BCUT2D eigenvalue weighted by molar-refractivity contribution is -0.126. The third-order valence-electron chi connectivity index (χ3n) is 5.93. The molecule has 3 rings (SSSR count). The number of nitrogens with zero attached hydrogens (tertiary/aromatic N) is 2. The number of hydrogen-bond acceptors (Lipinski definition) is 5. The van der Waals surface area contributed by atoms with Crippen molar-refractivity contribution in [1.82, 2.24) is 14.5 Å². The van der Waals surface area contributed by atoms with Gasteiger partial charge in [-0.1, -0.05) is 0 Å². The van der Waals surface area contributed by atoms with E-state index in [-0.39, 0.29) is 11.8 Å². The summed E-state index contributed by atoms with van der Waals surface area (Å²) in [6.07, 6.45) is 5.88. The molecule has 3 fully saturated rings. The predicted octanol–water partition coefficient (Wildman–Crippen LogP) is 0.275. The van der Waals surface area contributed by atoms with Crippen molar-refractivity contribution in [1.29, 1.82) is 0 Å². The van der Waals surface area contributed by atoms with Crippen LogP contribution in [0.2, 0.25) is 0 Å². The van der Waals surface area contributed by atoms with Crippen molar-refractivity contribution in [3.63, 3.8) is 0 Å². The molecule has 3 aliphatic heterocycles. The average molecular weight is 374 g/mol. The summed E-state index contributed by atoms with van der Waals surface area (Å²) >= 11 is 0. The van der Waals surface area contributed by atoms with Gasteiger partial charge in [0.15, 0.2) is 0 Å². The number of ether oxygens (including phenoxy) is 1. The summed E-state index contributed by atoms with van der Waals surface area (Å²) in [5.41, 5.74) is 0. The van der Waals surface area contributed by atoms with Crippen molar-refractivity contribution in [3.8, 4) is 0 Å². The summed E-state index contributed by atoms with van der Waals surface area (Å²) in [5.74, 6) is 0.604. The molecule has 0 saturated carbocycles.